The van der Waals surface area contributed by atoms with Gasteiger partial charge in [0.25, 0.3) is 0 Å². The number of primary amides is 1. The monoisotopic (exact) mass is 268 g/mol. The highest BCUT2D eigenvalue weighted by molar-refractivity contribution is 5.87. The molecule has 0 spiro atoms. The number of hydrogen-bond acceptors (Lipinski definition) is 2. The maximum absolute atomic E-state index is 12.9. The second-order valence-corrected chi connectivity index (χ2v) is 3.97. The first kappa shape index (κ1) is 14.8. The summed E-state index contributed by atoms with van der Waals surface area (Å²) in [5.74, 6) is -3.19. The van der Waals surface area contributed by atoms with Crippen LogP contribution in [0.5, 0.6) is 0 Å². The van der Waals surface area contributed by atoms with E-state index in [2.05, 4.69) is 11.9 Å². The molecule has 0 aliphatic carbocycles. The van der Waals surface area contributed by atoms with E-state index < -0.39 is 29.5 Å². The van der Waals surface area contributed by atoms with Crippen LogP contribution in [0.25, 0.3) is 0 Å². The van der Waals surface area contributed by atoms with Crippen LogP contribution < -0.4 is 11.1 Å². The van der Waals surface area contributed by atoms with Gasteiger partial charge in [-0.25, -0.2) is 8.78 Å². The third kappa shape index (κ3) is 4.50. The molecule has 0 aliphatic rings. The van der Waals surface area contributed by atoms with E-state index >= 15 is 0 Å². The van der Waals surface area contributed by atoms with Crippen molar-refractivity contribution in [3.63, 3.8) is 0 Å². The van der Waals surface area contributed by atoms with E-state index in [1.54, 1.807) is 0 Å². The zero-order valence-electron chi connectivity index (χ0n) is 10.2. The van der Waals surface area contributed by atoms with Gasteiger partial charge in [-0.3, -0.25) is 9.59 Å². The molecule has 0 aromatic heterocycles. The molecule has 3 N–H and O–H groups in total. The Balaban J connectivity index is 2.65. The highest BCUT2D eigenvalue weighted by Crippen LogP contribution is 2.09. The minimum atomic E-state index is -1.03. The van der Waals surface area contributed by atoms with Gasteiger partial charge in [-0.05, 0) is 24.1 Å². The van der Waals surface area contributed by atoms with E-state index in [0.29, 0.717) is 5.56 Å². The summed E-state index contributed by atoms with van der Waals surface area (Å²) in [5.41, 5.74) is 5.40. The minimum Gasteiger partial charge on any atom is -0.368 e. The number of carbonyl (C=O) groups excluding carboxylic acids is 2. The van der Waals surface area contributed by atoms with Gasteiger partial charge in [-0.15, -0.1) is 6.58 Å². The van der Waals surface area contributed by atoms with Crippen LogP contribution in [-0.4, -0.2) is 17.9 Å². The first-order valence-corrected chi connectivity index (χ1v) is 5.57. The zero-order chi connectivity index (χ0) is 14.4. The molecule has 0 bridgehead atoms. The molecule has 0 radical (unpaired) electrons. The molecule has 0 unspecified atom stereocenters. The average Bonchev–Trinajstić information content (AvgIpc) is 2.33. The van der Waals surface area contributed by atoms with E-state index in [-0.39, 0.29) is 12.8 Å². The number of nitrogens with two attached hydrogens (primary N) is 1. The first-order valence-electron chi connectivity index (χ1n) is 5.57. The average molecular weight is 268 g/mol. The molecule has 0 aliphatic heterocycles. The maximum Gasteiger partial charge on any atom is 0.240 e. The number of halogens is 2. The standard InChI is InChI=1S/C13H14F2N2O2/c1-2-3-11(13(16)19)17-12(18)7-8-4-5-9(14)10(15)6-8/h2,4-6,11H,1,3,7H2,(H2,16,19)(H,17,18)/t11-/m1/s1. The Bertz CT molecular complexity index is 503. The molecule has 102 valence electrons. The molecular formula is C13H14F2N2O2. The number of rotatable bonds is 6. The second kappa shape index (κ2) is 6.63. The molecule has 0 heterocycles. The highest BCUT2D eigenvalue weighted by Gasteiger charge is 2.16. The SMILES string of the molecule is C=CC[C@@H](NC(=O)Cc1ccc(F)c(F)c1)C(N)=O. The number of amides is 2. The van der Waals surface area contributed by atoms with Gasteiger partial charge in [-0.1, -0.05) is 12.1 Å². The van der Waals surface area contributed by atoms with Crippen LogP contribution in [0.1, 0.15) is 12.0 Å². The summed E-state index contributed by atoms with van der Waals surface area (Å²) < 4.78 is 25.7. The van der Waals surface area contributed by atoms with Crippen molar-refractivity contribution in [1.82, 2.24) is 5.32 Å². The third-order valence-electron chi connectivity index (χ3n) is 2.43. The summed E-state index contributed by atoms with van der Waals surface area (Å²) >= 11 is 0. The minimum absolute atomic E-state index is 0.169. The van der Waals surface area contributed by atoms with E-state index in [0.717, 1.165) is 12.1 Å². The van der Waals surface area contributed by atoms with Crippen LogP contribution in [0.3, 0.4) is 0 Å². The lowest BCUT2D eigenvalue weighted by Gasteiger charge is -2.13. The molecule has 0 saturated heterocycles. The number of carbonyl (C=O) groups is 2. The predicted octanol–water partition coefficient (Wildman–Crippen LogP) is 1.05. The van der Waals surface area contributed by atoms with Crippen LogP contribution in [0, 0.1) is 11.6 Å². The van der Waals surface area contributed by atoms with Gasteiger partial charge >= 0.3 is 0 Å². The second-order valence-electron chi connectivity index (χ2n) is 3.97. The molecule has 1 aromatic rings. The van der Waals surface area contributed by atoms with Crippen molar-refractivity contribution in [2.24, 2.45) is 5.73 Å². The normalized spacial score (nSPS) is 11.7. The van der Waals surface area contributed by atoms with E-state index in [9.17, 15) is 18.4 Å². The number of benzene rings is 1. The zero-order valence-corrected chi connectivity index (χ0v) is 10.2. The Labute approximate surface area is 109 Å². The Hall–Kier alpha value is -2.24. The molecular weight excluding hydrogens is 254 g/mol. The number of hydrogen-bond donors (Lipinski definition) is 2. The highest BCUT2D eigenvalue weighted by atomic mass is 19.2. The lowest BCUT2D eigenvalue weighted by Crippen LogP contribution is -2.44. The molecule has 6 heteroatoms. The van der Waals surface area contributed by atoms with E-state index in [1.165, 1.54) is 12.1 Å². The summed E-state index contributed by atoms with van der Waals surface area (Å²) in [4.78, 5) is 22.7. The van der Waals surface area contributed by atoms with Crippen LogP contribution in [0.2, 0.25) is 0 Å². The van der Waals surface area contributed by atoms with Gasteiger partial charge in [0.1, 0.15) is 6.04 Å². The van der Waals surface area contributed by atoms with Gasteiger partial charge in [-0.2, -0.15) is 0 Å². The fourth-order valence-corrected chi connectivity index (χ4v) is 1.49. The summed E-state index contributed by atoms with van der Waals surface area (Å²) in [6.07, 6.45) is 1.49. The summed E-state index contributed by atoms with van der Waals surface area (Å²) in [6, 6.07) is 2.31. The lowest BCUT2D eigenvalue weighted by molar-refractivity contribution is -0.126. The largest absolute Gasteiger partial charge is 0.368 e. The summed E-state index contributed by atoms with van der Waals surface area (Å²) in [5, 5.41) is 2.40. The Morgan fingerprint density at radius 2 is 2.05 bits per heavy atom. The molecule has 4 nitrogen and oxygen atoms in total. The van der Waals surface area contributed by atoms with Crippen LogP contribution in [0.15, 0.2) is 30.9 Å². The molecule has 1 rings (SSSR count). The maximum atomic E-state index is 12.9. The van der Waals surface area contributed by atoms with E-state index in [1.807, 2.05) is 0 Å². The molecule has 2 amide bonds. The van der Waals surface area contributed by atoms with Crippen molar-refractivity contribution in [2.45, 2.75) is 18.9 Å². The molecule has 0 fully saturated rings. The van der Waals surface area contributed by atoms with Crippen molar-refractivity contribution in [3.05, 3.63) is 48.1 Å². The third-order valence-corrected chi connectivity index (χ3v) is 2.43. The quantitative estimate of drug-likeness (QED) is 0.757. The van der Waals surface area contributed by atoms with Crippen LogP contribution >= 0.6 is 0 Å². The summed E-state index contributed by atoms with van der Waals surface area (Å²) in [7, 11) is 0. The van der Waals surface area contributed by atoms with Gasteiger partial charge in [0, 0.05) is 0 Å². The lowest BCUT2D eigenvalue weighted by atomic mass is 10.1. The molecule has 1 aromatic carbocycles. The van der Waals surface area contributed by atoms with Crippen LogP contribution in [0.4, 0.5) is 8.78 Å². The molecule has 1 atom stereocenters. The smallest absolute Gasteiger partial charge is 0.240 e. The molecule has 19 heavy (non-hydrogen) atoms. The summed E-state index contributed by atoms with van der Waals surface area (Å²) in [6.45, 7) is 3.45. The predicted molar refractivity (Wildman–Crippen MR) is 66.0 cm³/mol. The van der Waals surface area contributed by atoms with Crippen molar-refractivity contribution < 1.29 is 18.4 Å². The Morgan fingerprint density at radius 1 is 1.37 bits per heavy atom. The van der Waals surface area contributed by atoms with Crippen molar-refractivity contribution in [2.75, 3.05) is 0 Å². The van der Waals surface area contributed by atoms with Crippen molar-refractivity contribution in [3.8, 4) is 0 Å². The topological polar surface area (TPSA) is 72.2 Å². The van der Waals surface area contributed by atoms with Crippen molar-refractivity contribution in [1.29, 1.82) is 0 Å². The first-order chi connectivity index (χ1) is 8.93. The van der Waals surface area contributed by atoms with Gasteiger partial charge in [0.2, 0.25) is 11.8 Å². The van der Waals surface area contributed by atoms with Crippen LogP contribution in [-0.2, 0) is 16.0 Å². The Kier molecular flexibility index (Phi) is 5.17. The van der Waals surface area contributed by atoms with Gasteiger partial charge in [0.05, 0.1) is 6.42 Å². The Morgan fingerprint density at radius 3 is 2.58 bits per heavy atom. The molecule has 0 saturated carbocycles. The van der Waals surface area contributed by atoms with Crippen molar-refractivity contribution >= 4 is 11.8 Å². The number of nitrogens with one attached hydrogen (secondary N) is 1. The van der Waals surface area contributed by atoms with Gasteiger partial charge in [0.15, 0.2) is 11.6 Å². The fourth-order valence-electron chi connectivity index (χ4n) is 1.49. The van der Waals surface area contributed by atoms with Gasteiger partial charge < -0.3 is 11.1 Å². The van der Waals surface area contributed by atoms with E-state index in [4.69, 9.17) is 5.73 Å². The fraction of sp³-hybridized carbons (Fsp3) is 0.231.